The quantitative estimate of drug-likeness (QED) is 0.829. The van der Waals surface area contributed by atoms with E-state index in [4.69, 9.17) is 15.2 Å². The zero-order valence-electron chi connectivity index (χ0n) is 9.44. The van der Waals surface area contributed by atoms with E-state index in [-0.39, 0.29) is 0 Å². The van der Waals surface area contributed by atoms with Gasteiger partial charge < -0.3 is 15.2 Å². The highest BCUT2D eigenvalue weighted by Crippen LogP contribution is 2.34. The topological polar surface area (TPSA) is 70.3 Å². The van der Waals surface area contributed by atoms with Gasteiger partial charge in [0.25, 0.3) is 0 Å². The van der Waals surface area contributed by atoms with Gasteiger partial charge in [0.15, 0.2) is 17.3 Å². The normalized spacial score (nSPS) is 10.4. The molecule has 0 amide bonds. The van der Waals surface area contributed by atoms with Crippen molar-refractivity contribution in [2.45, 2.75) is 6.92 Å². The van der Waals surface area contributed by atoms with Crippen molar-refractivity contribution < 1.29 is 9.47 Å². The van der Waals surface area contributed by atoms with E-state index >= 15 is 0 Å². The van der Waals surface area contributed by atoms with E-state index < -0.39 is 0 Å². The van der Waals surface area contributed by atoms with Crippen LogP contribution >= 0.6 is 0 Å². The van der Waals surface area contributed by atoms with Crippen LogP contribution in [0.5, 0.6) is 11.5 Å². The van der Waals surface area contributed by atoms with Crippen LogP contribution in [0.3, 0.4) is 0 Å². The first kappa shape index (κ1) is 10.5. The highest BCUT2D eigenvalue weighted by Gasteiger charge is 2.10. The smallest absolute Gasteiger partial charge is 0.161 e. The van der Waals surface area contributed by atoms with Crippen molar-refractivity contribution in [3.05, 3.63) is 17.8 Å². The Morgan fingerprint density at radius 2 is 1.56 bits per heavy atom. The summed E-state index contributed by atoms with van der Waals surface area (Å²) < 4.78 is 10.4. The van der Waals surface area contributed by atoms with Crippen molar-refractivity contribution in [3.63, 3.8) is 0 Å². The van der Waals surface area contributed by atoms with Gasteiger partial charge in [-0.15, -0.1) is 5.10 Å². The largest absolute Gasteiger partial charge is 0.493 e. The number of hydrogen-bond donors (Lipinski definition) is 1. The zero-order chi connectivity index (χ0) is 11.7. The van der Waals surface area contributed by atoms with Crippen LogP contribution < -0.4 is 15.2 Å². The molecule has 84 valence electrons. The predicted molar refractivity (Wildman–Crippen MR) is 61.8 cm³/mol. The number of nitrogens with zero attached hydrogens (tertiary/aromatic N) is 2. The van der Waals surface area contributed by atoms with E-state index in [2.05, 4.69) is 10.2 Å². The Morgan fingerprint density at radius 1 is 1.00 bits per heavy atom. The molecule has 0 unspecified atom stereocenters. The van der Waals surface area contributed by atoms with Crippen LogP contribution in [0.1, 0.15) is 5.69 Å². The number of anilines is 1. The molecular formula is C11H13N3O2. The van der Waals surface area contributed by atoms with Crippen LogP contribution in [0.15, 0.2) is 12.1 Å². The van der Waals surface area contributed by atoms with E-state index in [1.807, 2.05) is 19.1 Å². The number of nitrogens with two attached hydrogens (primary N) is 1. The molecule has 0 aliphatic heterocycles. The molecule has 2 rings (SSSR count). The molecule has 2 N–H and O–H groups in total. The highest BCUT2D eigenvalue weighted by atomic mass is 16.5. The number of hydrogen-bond acceptors (Lipinski definition) is 5. The maximum atomic E-state index is 5.77. The summed E-state index contributed by atoms with van der Waals surface area (Å²) in [6, 6.07) is 3.67. The van der Waals surface area contributed by atoms with Gasteiger partial charge in [0.1, 0.15) is 0 Å². The fraction of sp³-hybridized carbons (Fsp3) is 0.273. The van der Waals surface area contributed by atoms with Gasteiger partial charge in [-0.2, -0.15) is 5.10 Å². The molecule has 0 saturated carbocycles. The second kappa shape index (κ2) is 3.84. The van der Waals surface area contributed by atoms with Gasteiger partial charge in [-0.05, 0) is 19.1 Å². The molecule has 0 saturated heterocycles. The summed E-state index contributed by atoms with van der Waals surface area (Å²) in [6.07, 6.45) is 0. The van der Waals surface area contributed by atoms with Crippen LogP contribution in [0.4, 0.5) is 5.82 Å². The predicted octanol–water partition coefficient (Wildman–Crippen LogP) is 1.54. The highest BCUT2D eigenvalue weighted by molar-refractivity contribution is 5.94. The zero-order valence-corrected chi connectivity index (χ0v) is 9.44. The lowest BCUT2D eigenvalue weighted by Crippen LogP contribution is -1.99. The van der Waals surface area contributed by atoms with Crippen LogP contribution in [0, 0.1) is 6.92 Å². The first-order valence-electron chi connectivity index (χ1n) is 4.82. The Bertz CT molecular complexity index is 492. The lowest BCUT2D eigenvalue weighted by molar-refractivity contribution is 0.356. The lowest BCUT2D eigenvalue weighted by atomic mass is 10.1. The molecule has 1 aromatic carbocycles. The summed E-state index contributed by atoms with van der Waals surface area (Å²) in [6.45, 7) is 1.88. The van der Waals surface area contributed by atoms with Crippen molar-refractivity contribution in [3.8, 4) is 11.5 Å². The first-order chi connectivity index (χ1) is 7.67. The molecule has 0 fully saturated rings. The maximum absolute atomic E-state index is 5.77. The van der Waals surface area contributed by atoms with E-state index in [0.717, 1.165) is 16.5 Å². The monoisotopic (exact) mass is 219 g/mol. The molecule has 1 aromatic heterocycles. The number of ether oxygens (including phenoxy) is 2. The van der Waals surface area contributed by atoms with Gasteiger partial charge in [-0.25, -0.2) is 0 Å². The van der Waals surface area contributed by atoms with Gasteiger partial charge in [-0.1, -0.05) is 0 Å². The number of fused-ring (bicyclic) bond motifs is 1. The average molecular weight is 219 g/mol. The van der Waals surface area contributed by atoms with Crippen molar-refractivity contribution in [2.24, 2.45) is 0 Å². The molecule has 0 radical (unpaired) electrons. The van der Waals surface area contributed by atoms with Crippen LogP contribution in [0.2, 0.25) is 0 Å². The third kappa shape index (κ3) is 1.50. The molecular weight excluding hydrogens is 206 g/mol. The van der Waals surface area contributed by atoms with Crippen molar-refractivity contribution in [1.29, 1.82) is 0 Å². The number of rotatable bonds is 2. The second-order valence-corrected chi connectivity index (χ2v) is 3.42. The Hall–Kier alpha value is -2.04. The number of aromatic nitrogens is 2. The number of methoxy groups -OCH3 is 2. The SMILES string of the molecule is COc1cc2c(C)nnc(N)c2cc1OC. The van der Waals surface area contributed by atoms with Crippen LogP contribution in [-0.4, -0.2) is 24.4 Å². The maximum Gasteiger partial charge on any atom is 0.161 e. The Kier molecular flexibility index (Phi) is 2.52. The standard InChI is InChI=1S/C11H13N3O2/c1-6-7-4-9(15-2)10(16-3)5-8(7)11(12)14-13-6/h4-5H,1-3H3,(H2,12,14). The minimum atomic E-state index is 0.390. The van der Waals surface area contributed by atoms with Crippen molar-refractivity contribution in [2.75, 3.05) is 20.0 Å². The molecule has 16 heavy (non-hydrogen) atoms. The van der Waals surface area contributed by atoms with Gasteiger partial charge in [-0.3, -0.25) is 0 Å². The minimum Gasteiger partial charge on any atom is -0.493 e. The molecule has 0 atom stereocenters. The van der Waals surface area contributed by atoms with E-state index in [1.165, 1.54) is 0 Å². The third-order valence-corrected chi connectivity index (χ3v) is 2.50. The fourth-order valence-electron chi connectivity index (χ4n) is 1.63. The first-order valence-corrected chi connectivity index (χ1v) is 4.82. The molecule has 2 aromatic rings. The number of aryl methyl sites for hydroxylation is 1. The van der Waals surface area contributed by atoms with Gasteiger partial charge in [0, 0.05) is 10.8 Å². The Labute approximate surface area is 93.2 Å². The second-order valence-electron chi connectivity index (χ2n) is 3.42. The number of nitrogen functional groups attached to an aromatic ring is 1. The van der Waals surface area contributed by atoms with E-state index in [0.29, 0.717) is 17.3 Å². The summed E-state index contributed by atoms with van der Waals surface area (Å²) in [5, 5.41) is 9.58. The fourth-order valence-corrected chi connectivity index (χ4v) is 1.63. The summed E-state index contributed by atoms with van der Waals surface area (Å²) in [7, 11) is 3.18. The molecule has 5 nitrogen and oxygen atoms in total. The number of benzene rings is 1. The van der Waals surface area contributed by atoms with E-state index in [9.17, 15) is 0 Å². The average Bonchev–Trinajstić information content (AvgIpc) is 2.32. The third-order valence-electron chi connectivity index (χ3n) is 2.50. The summed E-state index contributed by atoms with van der Waals surface area (Å²) in [5.41, 5.74) is 6.58. The Balaban J connectivity index is 2.82. The molecule has 1 heterocycles. The summed E-state index contributed by atoms with van der Waals surface area (Å²) >= 11 is 0. The van der Waals surface area contributed by atoms with E-state index in [1.54, 1.807) is 14.2 Å². The van der Waals surface area contributed by atoms with Crippen molar-refractivity contribution in [1.82, 2.24) is 10.2 Å². The lowest BCUT2D eigenvalue weighted by Gasteiger charge is -2.10. The summed E-state index contributed by atoms with van der Waals surface area (Å²) in [5.74, 6) is 1.68. The minimum absolute atomic E-state index is 0.390. The van der Waals surface area contributed by atoms with Gasteiger partial charge in [0.05, 0.1) is 19.9 Å². The molecule has 0 aliphatic carbocycles. The molecule has 5 heteroatoms. The van der Waals surface area contributed by atoms with Gasteiger partial charge in [0.2, 0.25) is 0 Å². The van der Waals surface area contributed by atoms with Crippen LogP contribution in [-0.2, 0) is 0 Å². The molecule has 0 bridgehead atoms. The van der Waals surface area contributed by atoms with Crippen molar-refractivity contribution >= 4 is 16.6 Å². The Morgan fingerprint density at radius 3 is 2.12 bits per heavy atom. The van der Waals surface area contributed by atoms with Gasteiger partial charge >= 0.3 is 0 Å². The summed E-state index contributed by atoms with van der Waals surface area (Å²) in [4.78, 5) is 0. The van der Waals surface area contributed by atoms with Crippen LogP contribution in [0.25, 0.3) is 10.8 Å². The molecule has 0 aliphatic rings. The molecule has 0 spiro atoms.